The minimum absolute atomic E-state index is 0.0824. The van der Waals surface area contributed by atoms with Gasteiger partial charge in [0.1, 0.15) is 18.0 Å². The Morgan fingerprint density at radius 2 is 2.03 bits per heavy atom. The van der Waals surface area contributed by atoms with Crippen LogP contribution in [0.15, 0.2) is 42.3 Å². The Morgan fingerprint density at radius 3 is 2.75 bits per heavy atom. The Bertz CT molecular complexity index is 1190. The third kappa shape index (κ3) is 3.98. The van der Waals surface area contributed by atoms with Gasteiger partial charge in [0.25, 0.3) is 0 Å². The number of ether oxygens (including phenoxy) is 2. The van der Waals surface area contributed by atoms with Crippen LogP contribution in [0.2, 0.25) is 0 Å². The number of carbonyl (C=O) groups is 1. The molecule has 0 radical (unpaired) electrons. The lowest BCUT2D eigenvalue weighted by molar-refractivity contribution is -0.894. The number of methoxy groups -OCH3 is 1. The van der Waals surface area contributed by atoms with Crippen molar-refractivity contribution >= 4 is 22.8 Å². The molecule has 2 aromatic carbocycles. The van der Waals surface area contributed by atoms with Crippen LogP contribution in [0.5, 0.6) is 17.2 Å². The second-order valence-corrected chi connectivity index (χ2v) is 8.35. The van der Waals surface area contributed by atoms with Crippen LogP contribution in [0.1, 0.15) is 48.2 Å². The maximum absolute atomic E-state index is 13.1. The molecular weight excluding hydrogens is 404 g/mol. The molecule has 4 rings (SSSR count). The number of aryl methyl sites for hydroxylation is 1. The number of ketones is 1. The largest absolute Gasteiger partial charge is 0.872 e. The summed E-state index contributed by atoms with van der Waals surface area (Å²) in [6, 6.07) is 8.98. The number of hydrogen-bond donors (Lipinski definition) is 1. The van der Waals surface area contributed by atoms with Crippen LogP contribution in [-0.4, -0.2) is 31.1 Å². The number of nitrogens with zero attached hydrogens (tertiary/aromatic N) is 1. The van der Waals surface area contributed by atoms with Crippen LogP contribution >= 0.6 is 0 Å². The van der Waals surface area contributed by atoms with Gasteiger partial charge in [-0.05, 0) is 43.7 Å². The summed E-state index contributed by atoms with van der Waals surface area (Å²) in [7, 11) is 3.70. The summed E-state index contributed by atoms with van der Waals surface area (Å²) in [5, 5.41) is 13.6. The predicted octanol–water partition coefficient (Wildman–Crippen LogP) is 3.17. The van der Waals surface area contributed by atoms with E-state index < -0.39 is 0 Å². The summed E-state index contributed by atoms with van der Waals surface area (Å²) in [6.45, 7) is 6.53. The van der Waals surface area contributed by atoms with Crippen molar-refractivity contribution in [2.75, 3.05) is 20.7 Å². The van der Waals surface area contributed by atoms with Crippen LogP contribution in [0.3, 0.4) is 0 Å². The van der Waals surface area contributed by atoms with E-state index in [0.29, 0.717) is 23.4 Å². The molecule has 0 saturated heterocycles. The fourth-order valence-electron chi connectivity index (χ4n) is 4.27. The SMILES string of the molecule is CCCC[NH+](C)Cc1c([O-])ccc2c1OC(=Cc1cn(CC)c3ccc(OC)cc13)C2=O. The lowest BCUT2D eigenvalue weighted by atomic mass is 10.0. The summed E-state index contributed by atoms with van der Waals surface area (Å²) in [4.78, 5) is 14.4. The van der Waals surface area contributed by atoms with Crippen molar-refractivity contribution in [3.63, 3.8) is 0 Å². The van der Waals surface area contributed by atoms with Crippen molar-refractivity contribution in [1.82, 2.24) is 4.57 Å². The van der Waals surface area contributed by atoms with Crippen molar-refractivity contribution in [3.8, 4) is 17.2 Å². The molecule has 1 aliphatic heterocycles. The van der Waals surface area contributed by atoms with E-state index in [2.05, 4.69) is 25.5 Å². The van der Waals surface area contributed by atoms with Gasteiger partial charge in [-0.3, -0.25) is 4.79 Å². The molecule has 1 aliphatic rings. The molecule has 1 atom stereocenters. The second kappa shape index (κ2) is 9.09. The smallest absolute Gasteiger partial charge is 0.231 e. The summed E-state index contributed by atoms with van der Waals surface area (Å²) in [5.74, 6) is 1.15. The zero-order valence-electron chi connectivity index (χ0n) is 19.2. The molecule has 3 aromatic rings. The van der Waals surface area contributed by atoms with E-state index in [1.165, 1.54) is 11.0 Å². The molecular formula is C26H30N2O4. The van der Waals surface area contributed by atoms with Crippen molar-refractivity contribution in [2.24, 2.45) is 0 Å². The number of aromatic nitrogens is 1. The van der Waals surface area contributed by atoms with Gasteiger partial charge >= 0.3 is 0 Å². The van der Waals surface area contributed by atoms with E-state index in [4.69, 9.17) is 9.47 Å². The van der Waals surface area contributed by atoms with Crippen LogP contribution in [0.4, 0.5) is 0 Å². The maximum Gasteiger partial charge on any atom is 0.231 e. The first-order valence-corrected chi connectivity index (χ1v) is 11.2. The minimum Gasteiger partial charge on any atom is -0.872 e. The fraction of sp³-hybridized carbons (Fsp3) is 0.346. The fourth-order valence-corrected chi connectivity index (χ4v) is 4.27. The Labute approximate surface area is 188 Å². The number of nitrogens with one attached hydrogen (secondary N) is 1. The van der Waals surface area contributed by atoms with Crippen LogP contribution in [0.25, 0.3) is 17.0 Å². The molecule has 1 N–H and O–H groups in total. The van der Waals surface area contributed by atoms with E-state index in [1.54, 1.807) is 19.3 Å². The number of carbonyl (C=O) groups excluding carboxylic acids is 1. The van der Waals surface area contributed by atoms with Gasteiger partial charge in [0.15, 0.2) is 5.76 Å². The van der Waals surface area contributed by atoms with Gasteiger partial charge in [-0.1, -0.05) is 25.2 Å². The molecule has 2 heterocycles. The Kier molecular flexibility index (Phi) is 6.24. The third-order valence-corrected chi connectivity index (χ3v) is 6.08. The molecule has 0 bridgehead atoms. The second-order valence-electron chi connectivity index (χ2n) is 8.35. The van der Waals surface area contributed by atoms with Gasteiger partial charge in [0.2, 0.25) is 5.78 Å². The first kappa shape index (κ1) is 22.0. The predicted molar refractivity (Wildman–Crippen MR) is 123 cm³/mol. The van der Waals surface area contributed by atoms with E-state index in [1.807, 2.05) is 24.4 Å². The van der Waals surface area contributed by atoms with Gasteiger partial charge in [0.05, 0.1) is 26.3 Å². The lowest BCUT2D eigenvalue weighted by Gasteiger charge is -2.20. The van der Waals surface area contributed by atoms with Crippen LogP contribution < -0.4 is 19.5 Å². The highest BCUT2D eigenvalue weighted by Gasteiger charge is 2.31. The number of quaternary nitrogens is 1. The van der Waals surface area contributed by atoms with Crippen molar-refractivity contribution in [3.05, 3.63) is 59.0 Å². The zero-order chi connectivity index (χ0) is 22.8. The first-order valence-electron chi connectivity index (χ1n) is 11.2. The Balaban J connectivity index is 1.72. The van der Waals surface area contributed by atoms with E-state index in [0.717, 1.165) is 48.1 Å². The molecule has 32 heavy (non-hydrogen) atoms. The number of rotatable bonds is 8. The number of benzene rings is 2. The van der Waals surface area contributed by atoms with E-state index >= 15 is 0 Å². The van der Waals surface area contributed by atoms with Crippen LogP contribution in [-0.2, 0) is 13.1 Å². The molecule has 6 heteroatoms. The number of allylic oxidation sites excluding steroid dienone is 1. The summed E-state index contributed by atoms with van der Waals surface area (Å²) in [6.07, 6.45) is 5.98. The third-order valence-electron chi connectivity index (χ3n) is 6.08. The first-order chi connectivity index (χ1) is 15.5. The van der Waals surface area contributed by atoms with Gasteiger partial charge in [-0.15, -0.1) is 0 Å². The maximum atomic E-state index is 13.1. The Morgan fingerprint density at radius 1 is 1.22 bits per heavy atom. The quantitative estimate of drug-likeness (QED) is 0.553. The van der Waals surface area contributed by atoms with Gasteiger partial charge in [-0.25, -0.2) is 0 Å². The molecule has 0 aliphatic carbocycles. The number of Topliss-reactive ketones (excluding diaryl/α,β-unsaturated/α-hetero) is 1. The normalized spacial score (nSPS) is 15.2. The topological polar surface area (TPSA) is 68.0 Å². The molecule has 6 nitrogen and oxygen atoms in total. The number of unbranched alkanes of at least 4 members (excludes halogenated alkanes) is 1. The number of fused-ring (bicyclic) bond motifs is 2. The molecule has 0 fully saturated rings. The lowest BCUT2D eigenvalue weighted by Crippen LogP contribution is -3.07. The highest BCUT2D eigenvalue weighted by molar-refractivity contribution is 6.15. The monoisotopic (exact) mass is 434 g/mol. The molecule has 0 saturated carbocycles. The van der Waals surface area contributed by atoms with Crippen molar-refractivity contribution < 1.29 is 24.3 Å². The molecule has 1 aromatic heterocycles. The summed E-state index contributed by atoms with van der Waals surface area (Å²) in [5.41, 5.74) is 2.98. The summed E-state index contributed by atoms with van der Waals surface area (Å²) < 4.78 is 13.6. The highest BCUT2D eigenvalue weighted by Crippen LogP contribution is 2.39. The summed E-state index contributed by atoms with van der Waals surface area (Å²) >= 11 is 0. The molecule has 168 valence electrons. The van der Waals surface area contributed by atoms with Gasteiger partial charge < -0.3 is 24.0 Å². The van der Waals surface area contributed by atoms with Crippen molar-refractivity contribution in [2.45, 2.75) is 39.8 Å². The minimum atomic E-state index is -0.187. The van der Waals surface area contributed by atoms with E-state index in [-0.39, 0.29) is 17.3 Å². The zero-order valence-corrected chi connectivity index (χ0v) is 19.2. The van der Waals surface area contributed by atoms with E-state index in [9.17, 15) is 9.90 Å². The average molecular weight is 435 g/mol. The molecule has 0 amide bonds. The molecule has 1 unspecified atom stereocenters. The standard InChI is InChI=1S/C26H30N2O4/c1-5-7-12-27(3)16-21-23(29)11-9-19-25(30)24(32-26(19)21)13-17-15-28(6-2)22-10-8-18(31-4)14-20(17)22/h8-11,13-15,29H,5-7,12,16H2,1-4H3. The Hall–Kier alpha value is -3.25. The highest BCUT2D eigenvalue weighted by atomic mass is 16.5. The van der Waals surface area contributed by atoms with Gasteiger partial charge in [0, 0.05) is 34.8 Å². The van der Waals surface area contributed by atoms with Crippen molar-refractivity contribution in [1.29, 1.82) is 0 Å². The number of hydrogen-bond acceptors (Lipinski definition) is 4. The average Bonchev–Trinajstić information content (AvgIpc) is 3.31. The van der Waals surface area contributed by atoms with Crippen LogP contribution in [0, 0.1) is 0 Å². The molecule has 0 spiro atoms. The van der Waals surface area contributed by atoms with Gasteiger partial charge in [-0.2, -0.15) is 0 Å².